The van der Waals surface area contributed by atoms with E-state index in [4.69, 9.17) is 6.42 Å². The fourth-order valence-electron chi connectivity index (χ4n) is 0.665. The molecular formula is C8H10O4. The number of carbonyl (C=O) groups excluding carboxylic acids is 2. The van der Waals surface area contributed by atoms with Gasteiger partial charge in [-0.1, -0.05) is 0 Å². The lowest BCUT2D eigenvalue weighted by atomic mass is 10.1. The van der Waals surface area contributed by atoms with E-state index in [1.165, 1.54) is 14.2 Å². The Bertz CT molecular complexity index is 198. The van der Waals surface area contributed by atoms with Gasteiger partial charge in [0.2, 0.25) is 0 Å². The van der Waals surface area contributed by atoms with Crippen LogP contribution in [0.3, 0.4) is 0 Å². The van der Waals surface area contributed by atoms with Crippen LogP contribution < -0.4 is 0 Å². The highest BCUT2D eigenvalue weighted by Crippen LogP contribution is 2.06. The molecule has 0 unspecified atom stereocenters. The summed E-state index contributed by atoms with van der Waals surface area (Å²) in [6.07, 6.45) is 4.95. The van der Waals surface area contributed by atoms with Gasteiger partial charge in [-0.05, 0) is 0 Å². The molecule has 0 radical (unpaired) electrons. The summed E-state index contributed by atoms with van der Waals surface area (Å²) in [6.45, 7) is 0. The van der Waals surface area contributed by atoms with Crippen molar-refractivity contribution in [1.29, 1.82) is 0 Å². The Balaban J connectivity index is 4.34. The van der Waals surface area contributed by atoms with E-state index in [1.54, 1.807) is 0 Å². The van der Waals surface area contributed by atoms with Crippen LogP contribution in [0, 0.1) is 18.3 Å². The first-order valence-corrected chi connectivity index (χ1v) is 3.26. The maximum absolute atomic E-state index is 10.9. The summed E-state index contributed by atoms with van der Waals surface area (Å²) >= 11 is 0. The Labute approximate surface area is 70.8 Å². The number of ether oxygens (including phenoxy) is 2. The van der Waals surface area contributed by atoms with Crippen molar-refractivity contribution in [2.75, 3.05) is 14.2 Å². The number of terminal acetylenes is 1. The van der Waals surface area contributed by atoms with Crippen molar-refractivity contribution in [2.24, 2.45) is 5.92 Å². The lowest BCUT2D eigenvalue weighted by Crippen LogP contribution is -2.25. The van der Waals surface area contributed by atoms with Gasteiger partial charge in [0.1, 0.15) is 0 Å². The summed E-state index contributed by atoms with van der Waals surface area (Å²) in [6, 6.07) is 0. The van der Waals surface area contributed by atoms with E-state index in [2.05, 4.69) is 15.4 Å². The van der Waals surface area contributed by atoms with Crippen LogP contribution in [0.1, 0.15) is 6.42 Å². The van der Waals surface area contributed by atoms with Gasteiger partial charge in [0.05, 0.1) is 14.2 Å². The third-order valence-electron chi connectivity index (χ3n) is 1.29. The summed E-state index contributed by atoms with van der Waals surface area (Å²) < 4.78 is 8.71. The van der Waals surface area contributed by atoms with Gasteiger partial charge in [-0.2, -0.15) is 0 Å². The zero-order chi connectivity index (χ0) is 9.56. The van der Waals surface area contributed by atoms with Crippen molar-refractivity contribution in [3.63, 3.8) is 0 Å². The Morgan fingerprint density at radius 1 is 1.33 bits per heavy atom. The Hall–Kier alpha value is -1.50. The van der Waals surface area contributed by atoms with Crippen LogP contribution >= 0.6 is 0 Å². The average molecular weight is 170 g/mol. The topological polar surface area (TPSA) is 52.6 Å². The van der Waals surface area contributed by atoms with Crippen LogP contribution in [0.5, 0.6) is 0 Å². The van der Waals surface area contributed by atoms with Crippen LogP contribution in [-0.2, 0) is 19.1 Å². The van der Waals surface area contributed by atoms with E-state index < -0.39 is 17.9 Å². The van der Waals surface area contributed by atoms with Crippen molar-refractivity contribution >= 4 is 11.9 Å². The van der Waals surface area contributed by atoms with Gasteiger partial charge in [0, 0.05) is 6.42 Å². The van der Waals surface area contributed by atoms with Crippen molar-refractivity contribution in [3.05, 3.63) is 0 Å². The minimum atomic E-state index is -0.995. The molecule has 0 heterocycles. The highest BCUT2D eigenvalue weighted by Gasteiger charge is 2.27. The highest BCUT2D eigenvalue weighted by molar-refractivity contribution is 5.95. The molecule has 4 nitrogen and oxygen atoms in total. The maximum atomic E-state index is 10.9. The molecule has 0 aliphatic carbocycles. The standard InChI is InChI=1S/C8H10O4/c1-4-5-6(7(9)11-2)8(10)12-3/h1,6H,5H2,2-3H3. The Morgan fingerprint density at radius 2 is 1.75 bits per heavy atom. The molecule has 4 heteroatoms. The van der Waals surface area contributed by atoms with Gasteiger partial charge in [-0.3, -0.25) is 9.59 Å². The molecule has 0 aromatic heterocycles. The molecule has 0 saturated carbocycles. The van der Waals surface area contributed by atoms with Gasteiger partial charge < -0.3 is 9.47 Å². The van der Waals surface area contributed by atoms with Crippen LogP contribution in [-0.4, -0.2) is 26.2 Å². The highest BCUT2D eigenvalue weighted by atomic mass is 16.5. The second-order valence-corrected chi connectivity index (χ2v) is 2.01. The zero-order valence-corrected chi connectivity index (χ0v) is 6.99. The largest absolute Gasteiger partial charge is 0.468 e. The molecule has 0 bridgehead atoms. The first-order valence-electron chi connectivity index (χ1n) is 3.26. The quantitative estimate of drug-likeness (QED) is 0.339. The molecule has 66 valence electrons. The third-order valence-corrected chi connectivity index (χ3v) is 1.29. The summed E-state index contributed by atoms with van der Waals surface area (Å²) in [4.78, 5) is 21.8. The molecule has 0 N–H and O–H groups in total. The molecule has 0 fully saturated rings. The number of carbonyl (C=O) groups is 2. The molecule has 0 atom stereocenters. The van der Waals surface area contributed by atoms with Crippen LogP contribution in [0.15, 0.2) is 0 Å². The normalized spacial score (nSPS) is 8.83. The van der Waals surface area contributed by atoms with E-state index in [1.807, 2.05) is 0 Å². The second kappa shape index (κ2) is 5.19. The average Bonchev–Trinajstić information content (AvgIpc) is 2.11. The predicted octanol–water partition coefficient (Wildman–Crippen LogP) is -0.0281. The van der Waals surface area contributed by atoms with Crippen molar-refractivity contribution in [2.45, 2.75) is 6.42 Å². The van der Waals surface area contributed by atoms with Gasteiger partial charge >= 0.3 is 11.9 Å². The van der Waals surface area contributed by atoms with Gasteiger partial charge in [-0.15, -0.1) is 12.3 Å². The first-order chi connectivity index (χ1) is 5.67. The molecule has 0 saturated heterocycles. The van der Waals surface area contributed by atoms with Gasteiger partial charge in [0.15, 0.2) is 5.92 Å². The molecular weight excluding hydrogens is 160 g/mol. The monoisotopic (exact) mass is 170 g/mol. The molecule has 0 spiro atoms. The smallest absolute Gasteiger partial charge is 0.321 e. The first kappa shape index (κ1) is 10.5. The molecule has 0 amide bonds. The summed E-state index contributed by atoms with van der Waals surface area (Å²) in [7, 11) is 2.38. The minimum Gasteiger partial charge on any atom is -0.468 e. The van der Waals surface area contributed by atoms with Crippen molar-refractivity contribution in [1.82, 2.24) is 0 Å². The predicted molar refractivity (Wildman–Crippen MR) is 41.0 cm³/mol. The number of rotatable bonds is 3. The van der Waals surface area contributed by atoms with E-state index in [-0.39, 0.29) is 6.42 Å². The fourth-order valence-corrected chi connectivity index (χ4v) is 0.665. The third kappa shape index (κ3) is 2.62. The molecule has 12 heavy (non-hydrogen) atoms. The van der Waals surface area contributed by atoms with Crippen molar-refractivity contribution in [3.8, 4) is 12.3 Å². The van der Waals surface area contributed by atoms with E-state index >= 15 is 0 Å². The number of hydrogen-bond acceptors (Lipinski definition) is 4. The lowest BCUT2D eigenvalue weighted by molar-refractivity contribution is -0.158. The van der Waals surface area contributed by atoms with Crippen LogP contribution in [0.2, 0.25) is 0 Å². The van der Waals surface area contributed by atoms with Crippen molar-refractivity contribution < 1.29 is 19.1 Å². The molecule has 0 rings (SSSR count). The van der Waals surface area contributed by atoms with Gasteiger partial charge in [-0.25, -0.2) is 0 Å². The molecule has 0 aromatic rings. The fraction of sp³-hybridized carbons (Fsp3) is 0.500. The van der Waals surface area contributed by atoms with Crippen LogP contribution in [0.4, 0.5) is 0 Å². The minimum absolute atomic E-state index is 0.000648. The number of hydrogen-bond donors (Lipinski definition) is 0. The van der Waals surface area contributed by atoms with Crippen LogP contribution in [0.25, 0.3) is 0 Å². The molecule has 0 aromatic carbocycles. The second-order valence-electron chi connectivity index (χ2n) is 2.01. The summed E-state index contributed by atoms with van der Waals surface area (Å²) in [5.74, 6) is -0.133. The summed E-state index contributed by atoms with van der Waals surface area (Å²) in [5, 5.41) is 0. The zero-order valence-electron chi connectivity index (χ0n) is 6.99. The van der Waals surface area contributed by atoms with Gasteiger partial charge in [0.25, 0.3) is 0 Å². The van der Waals surface area contributed by atoms with E-state index in [0.717, 1.165) is 0 Å². The lowest BCUT2D eigenvalue weighted by Gasteiger charge is -2.08. The number of methoxy groups -OCH3 is 2. The summed E-state index contributed by atoms with van der Waals surface area (Å²) in [5.41, 5.74) is 0. The van der Waals surface area contributed by atoms with E-state index in [0.29, 0.717) is 0 Å². The Morgan fingerprint density at radius 3 is 2.00 bits per heavy atom. The van der Waals surface area contributed by atoms with E-state index in [9.17, 15) is 9.59 Å². The Kier molecular flexibility index (Phi) is 4.54. The maximum Gasteiger partial charge on any atom is 0.321 e. The SMILES string of the molecule is C#CCC(C(=O)OC)C(=O)OC. The molecule has 0 aliphatic heterocycles. The number of esters is 2. The molecule has 0 aliphatic rings.